The highest BCUT2D eigenvalue weighted by Gasteiger charge is 2.38. The minimum atomic E-state index is -0.693. The third kappa shape index (κ3) is 2.53. The number of hydrogen-bond donors (Lipinski definition) is 1. The predicted octanol–water partition coefficient (Wildman–Crippen LogP) is 3.45. The fraction of sp³-hybridized carbons (Fsp3) is 0.500. The first-order valence-corrected chi connectivity index (χ1v) is 6.96. The molecule has 0 aliphatic carbocycles. The molecule has 0 spiro atoms. The fourth-order valence-corrected chi connectivity index (χ4v) is 3.07. The van der Waals surface area contributed by atoms with E-state index in [-0.39, 0.29) is 0 Å². The summed E-state index contributed by atoms with van der Waals surface area (Å²) in [5, 5.41) is 9.34. The van der Waals surface area contributed by atoms with Crippen LogP contribution in [0.3, 0.4) is 0 Å². The Morgan fingerprint density at radius 2 is 2.22 bits per heavy atom. The normalized spacial score (nSPS) is 24.1. The van der Waals surface area contributed by atoms with Crippen molar-refractivity contribution in [1.82, 2.24) is 0 Å². The molecular formula is C14H18BrNO2. The van der Waals surface area contributed by atoms with E-state index in [0.29, 0.717) is 6.54 Å². The SMILES string of the molecule is Cc1cc(Br)ccc1N1CCCC(C)(C(=O)O)C1. The molecule has 1 unspecified atom stereocenters. The van der Waals surface area contributed by atoms with Gasteiger partial charge in [0.05, 0.1) is 5.41 Å². The van der Waals surface area contributed by atoms with Crippen molar-refractivity contribution in [2.45, 2.75) is 26.7 Å². The molecule has 2 rings (SSSR count). The van der Waals surface area contributed by atoms with Gasteiger partial charge in [0.2, 0.25) is 0 Å². The second kappa shape index (κ2) is 4.92. The highest BCUT2D eigenvalue weighted by Crippen LogP contribution is 2.34. The lowest BCUT2D eigenvalue weighted by Crippen LogP contribution is -2.46. The fourth-order valence-electron chi connectivity index (χ4n) is 2.59. The number of anilines is 1. The standard InChI is InChI=1S/C14H18BrNO2/c1-10-8-11(15)4-5-12(10)16-7-3-6-14(2,9-16)13(17)18/h4-5,8H,3,6-7,9H2,1-2H3,(H,17,18). The molecule has 1 atom stereocenters. The van der Waals surface area contributed by atoms with E-state index in [1.54, 1.807) is 0 Å². The summed E-state index contributed by atoms with van der Waals surface area (Å²) in [6.07, 6.45) is 1.69. The summed E-state index contributed by atoms with van der Waals surface area (Å²) in [6.45, 7) is 5.43. The molecule has 1 N–H and O–H groups in total. The average Bonchev–Trinajstić information content (AvgIpc) is 2.28. The van der Waals surface area contributed by atoms with Crippen molar-refractivity contribution < 1.29 is 9.90 Å². The smallest absolute Gasteiger partial charge is 0.311 e. The van der Waals surface area contributed by atoms with Gasteiger partial charge in [0.1, 0.15) is 0 Å². The van der Waals surface area contributed by atoms with Gasteiger partial charge >= 0.3 is 5.97 Å². The van der Waals surface area contributed by atoms with Crippen molar-refractivity contribution in [3.8, 4) is 0 Å². The lowest BCUT2D eigenvalue weighted by Gasteiger charge is -2.39. The second-order valence-electron chi connectivity index (χ2n) is 5.32. The minimum absolute atomic E-state index is 0.588. The van der Waals surface area contributed by atoms with Gasteiger partial charge in [-0.1, -0.05) is 15.9 Å². The van der Waals surface area contributed by atoms with Crippen LogP contribution in [0.1, 0.15) is 25.3 Å². The number of aliphatic carboxylic acids is 1. The molecule has 0 saturated carbocycles. The molecule has 1 aliphatic heterocycles. The first kappa shape index (κ1) is 13.4. The van der Waals surface area contributed by atoms with Crippen LogP contribution in [0.15, 0.2) is 22.7 Å². The summed E-state index contributed by atoms with van der Waals surface area (Å²) in [7, 11) is 0. The van der Waals surface area contributed by atoms with Gasteiger partial charge in [0.15, 0.2) is 0 Å². The van der Waals surface area contributed by atoms with Crippen LogP contribution in [-0.4, -0.2) is 24.2 Å². The zero-order valence-corrected chi connectivity index (χ0v) is 12.3. The monoisotopic (exact) mass is 311 g/mol. The zero-order chi connectivity index (χ0) is 13.3. The van der Waals surface area contributed by atoms with Crippen molar-refractivity contribution in [3.63, 3.8) is 0 Å². The molecule has 0 radical (unpaired) electrons. The van der Waals surface area contributed by atoms with E-state index in [4.69, 9.17) is 0 Å². The number of benzene rings is 1. The van der Waals surface area contributed by atoms with E-state index in [0.717, 1.165) is 29.5 Å². The van der Waals surface area contributed by atoms with Crippen LogP contribution < -0.4 is 4.90 Å². The van der Waals surface area contributed by atoms with Crippen molar-refractivity contribution >= 4 is 27.6 Å². The van der Waals surface area contributed by atoms with Crippen LogP contribution in [0.4, 0.5) is 5.69 Å². The third-order valence-corrected chi connectivity index (χ3v) is 4.21. The molecule has 1 aromatic carbocycles. The molecule has 1 saturated heterocycles. The number of piperidine rings is 1. The molecule has 0 amide bonds. The highest BCUT2D eigenvalue weighted by molar-refractivity contribution is 9.10. The molecule has 1 heterocycles. The molecule has 1 aromatic rings. The Bertz CT molecular complexity index is 475. The minimum Gasteiger partial charge on any atom is -0.481 e. The van der Waals surface area contributed by atoms with Crippen molar-refractivity contribution in [1.29, 1.82) is 0 Å². The van der Waals surface area contributed by atoms with Gasteiger partial charge in [-0.3, -0.25) is 4.79 Å². The summed E-state index contributed by atoms with van der Waals surface area (Å²) in [5.41, 5.74) is 1.70. The van der Waals surface area contributed by atoms with E-state index in [1.165, 1.54) is 5.56 Å². The van der Waals surface area contributed by atoms with Gasteiger partial charge in [-0.25, -0.2) is 0 Å². The number of hydrogen-bond acceptors (Lipinski definition) is 2. The molecule has 1 fully saturated rings. The van der Waals surface area contributed by atoms with Gasteiger partial charge in [-0.05, 0) is 50.5 Å². The summed E-state index contributed by atoms with van der Waals surface area (Å²) in [6, 6.07) is 6.14. The number of carboxylic acids is 1. The number of carboxylic acid groups (broad SMARTS) is 1. The summed E-state index contributed by atoms with van der Waals surface area (Å²) in [4.78, 5) is 13.6. The summed E-state index contributed by atoms with van der Waals surface area (Å²) >= 11 is 3.45. The Kier molecular flexibility index (Phi) is 3.66. The van der Waals surface area contributed by atoms with E-state index in [9.17, 15) is 9.90 Å². The molecule has 4 heteroatoms. The predicted molar refractivity (Wildman–Crippen MR) is 76.1 cm³/mol. The number of aryl methyl sites for hydroxylation is 1. The van der Waals surface area contributed by atoms with Crippen LogP contribution in [0, 0.1) is 12.3 Å². The van der Waals surface area contributed by atoms with Gasteiger partial charge in [-0.15, -0.1) is 0 Å². The van der Waals surface area contributed by atoms with Crippen LogP contribution in [0.2, 0.25) is 0 Å². The van der Waals surface area contributed by atoms with E-state index < -0.39 is 11.4 Å². The highest BCUT2D eigenvalue weighted by atomic mass is 79.9. The van der Waals surface area contributed by atoms with E-state index in [1.807, 2.05) is 13.0 Å². The maximum absolute atomic E-state index is 11.4. The summed E-state index contributed by atoms with van der Waals surface area (Å²) < 4.78 is 1.06. The molecular weight excluding hydrogens is 294 g/mol. The number of carbonyl (C=O) groups is 1. The number of rotatable bonds is 2. The van der Waals surface area contributed by atoms with Gasteiger partial charge < -0.3 is 10.0 Å². The Balaban J connectivity index is 2.26. The van der Waals surface area contributed by atoms with Gasteiger partial charge in [-0.2, -0.15) is 0 Å². The molecule has 3 nitrogen and oxygen atoms in total. The molecule has 1 aliphatic rings. The quantitative estimate of drug-likeness (QED) is 0.909. The van der Waals surface area contributed by atoms with Crippen LogP contribution in [0.25, 0.3) is 0 Å². The Hall–Kier alpha value is -1.03. The third-order valence-electron chi connectivity index (χ3n) is 3.71. The van der Waals surface area contributed by atoms with Crippen molar-refractivity contribution in [3.05, 3.63) is 28.2 Å². The van der Waals surface area contributed by atoms with Crippen LogP contribution >= 0.6 is 15.9 Å². The Morgan fingerprint density at radius 1 is 1.50 bits per heavy atom. The van der Waals surface area contributed by atoms with Crippen LogP contribution in [-0.2, 0) is 4.79 Å². The number of halogens is 1. The maximum Gasteiger partial charge on any atom is 0.311 e. The zero-order valence-electron chi connectivity index (χ0n) is 10.7. The molecule has 98 valence electrons. The molecule has 18 heavy (non-hydrogen) atoms. The Labute approximate surface area is 116 Å². The summed E-state index contributed by atoms with van der Waals surface area (Å²) in [5.74, 6) is -0.693. The topological polar surface area (TPSA) is 40.5 Å². The lowest BCUT2D eigenvalue weighted by atomic mass is 9.81. The maximum atomic E-state index is 11.4. The lowest BCUT2D eigenvalue weighted by molar-refractivity contribution is -0.148. The average molecular weight is 312 g/mol. The largest absolute Gasteiger partial charge is 0.481 e. The molecule has 0 bridgehead atoms. The first-order valence-electron chi connectivity index (χ1n) is 6.17. The van der Waals surface area contributed by atoms with E-state index in [2.05, 4.69) is 39.9 Å². The molecule has 0 aromatic heterocycles. The van der Waals surface area contributed by atoms with Crippen molar-refractivity contribution in [2.75, 3.05) is 18.0 Å². The first-order chi connectivity index (χ1) is 8.42. The van der Waals surface area contributed by atoms with Crippen molar-refractivity contribution in [2.24, 2.45) is 5.41 Å². The number of nitrogens with zero attached hydrogens (tertiary/aromatic N) is 1. The van der Waals surface area contributed by atoms with E-state index >= 15 is 0 Å². The van der Waals surface area contributed by atoms with Crippen LogP contribution in [0.5, 0.6) is 0 Å². The van der Waals surface area contributed by atoms with Gasteiger partial charge in [0, 0.05) is 23.2 Å². The second-order valence-corrected chi connectivity index (χ2v) is 6.24. The van der Waals surface area contributed by atoms with Gasteiger partial charge in [0.25, 0.3) is 0 Å². The Morgan fingerprint density at radius 3 is 2.83 bits per heavy atom.